The Hall–Kier alpha value is -1.14. The van der Waals surface area contributed by atoms with Crippen molar-refractivity contribution in [2.24, 2.45) is 10.9 Å². The van der Waals surface area contributed by atoms with Gasteiger partial charge < -0.3 is 15.0 Å². The van der Waals surface area contributed by atoms with E-state index in [1.165, 1.54) is 0 Å². The van der Waals surface area contributed by atoms with E-state index in [0.717, 1.165) is 49.4 Å². The number of guanidine groups is 1. The number of ether oxygens (including phenoxy) is 1. The summed E-state index contributed by atoms with van der Waals surface area (Å²) in [5.74, 6) is 1.56. The van der Waals surface area contributed by atoms with Gasteiger partial charge in [0.25, 0.3) is 0 Å². The first-order valence-corrected chi connectivity index (χ1v) is 9.30. The number of aromatic nitrogens is 1. The van der Waals surface area contributed by atoms with Crippen molar-refractivity contribution >= 4 is 17.3 Å². The highest BCUT2D eigenvalue weighted by molar-refractivity contribution is 7.09. The van der Waals surface area contributed by atoms with Crippen LogP contribution < -0.4 is 5.32 Å². The molecule has 5 nitrogen and oxygen atoms in total. The van der Waals surface area contributed by atoms with Crippen molar-refractivity contribution < 1.29 is 4.74 Å². The Labute approximate surface area is 144 Å². The lowest BCUT2D eigenvalue weighted by Gasteiger charge is -2.24. The largest absolute Gasteiger partial charge is 0.381 e. The minimum Gasteiger partial charge on any atom is -0.381 e. The molecule has 1 fully saturated rings. The molecule has 1 aliphatic rings. The molecule has 1 N–H and O–H groups in total. The van der Waals surface area contributed by atoms with Crippen LogP contribution in [0.4, 0.5) is 0 Å². The molecular formula is C17H30N4OS. The summed E-state index contributed by atoms with van der Waals surface area (Å²) in [5.41, 5.74) is 1.25. The molecule has 0 amide bonds. The van der Waals surface area contributed by atoms with Crippen LogP contribution in [0.5, 0.6) is 0 Å². The van der Waals surface area contributed by atoms with Crippen LogP contribution in [-0.2, 0) is 16.7 Å². The van der Waals surface area contributed by atoms with Crippen LogP contribution in [0.15, 0.2) is 10.4 Å². The fraction of sp³-hybridized carbons (Fsp3) is 0.765. The van der Waals surface area contributed by atoms with Gasteiger partial charge in [0, 0.05) is 43.5 Å². The minimum atomic E-state index is 0.0994. The van der Waals surface area contributed by atoms with E-state index in [1.807, 2.05) is 0 Å². The lowest BCUT2D eigenvalue weighted by atomic mass is 9.93. The Morgan fingerprint density at radius 1 is 1.52 bits per heavy atom. The monoisotopic (exact) mass is 338 g/mol. The van der Waals surface area contributed by atoms with Crippen LogP contribution in [0, 0.1) is 5.92 Å². The van der Waals surface area contributed by atoms with E-state index in [2.05, 4.69) is 50.3 Å². The predicted octanol–water partition coefficient (Wildman–Crippen LogP) is 2.87. The summed E-state index contributed by atoms with van der Waals surface area (Å²) >= 11 is 1.70. The molecular weight excluding hydrogens is 308 g/mol. The quantitative estimate of drug-likeness (QED) is 0.662. The Balaban J connectivity index is 1.98. The lowest BCUT2D eigenvalue weighted by Crippen LogP contribution is -2.41. The highest BCUT2D eigenvalue weighted by Gasteiger charge is 2.20. The van der Waals surface area contributed by atoms with Crippen LogP contribution in [0.3, 0.4) is 0 Å². The SMILES string of the molecule is CCNC(=NCc1nc(C(C)(C)C)cs1)N(C)CC1CCOC1. The van der Waals surface area contributed by atoms with Crippen molar-refractivity contribution in [1.29, 1.82) is 0 Å². The summed E-state index contributed by atoms with van der Waals surface area (Å²) in [6.07, 6.45) is 1.14. The topological polar surface area (TPSA) is 49.8 Å². The number of nitrogens with zero attached hydrogens (tertiary/aromatic N) is 3. The maximum absolute atomic E-state index is 5.47. The second-order valence-corrected chi connectivity index (χ2v) is 8.10. The average molecular weight is 339 g/mol. The maximum atomic E-state index is 5.47. The first kappa shape index (κ1) is 18.2. The van der Waals surface area contributed by atoms with E-state index in [4.69, 9.17) is 14.7 Å². The average Bonchev–Trinajstić information content (AvgIpc) is 3.13. The molecule has 0 spiro atoms. The molecule has 130 valence electrons. The van der Waals surface area contributed by atoms with E-state index in [0.29, 0.717) is 12.5 Å². The number of nitrogens with one attached hydrogen (secondary N) is 1. The number of hydrogen-bond donors (Lipinski definition) is 1. The molecule has 0 radical (unpaired) electrons. The van der Waals surface area contributed by atoms with Gasteiger partial charge in [-0.05, 0) is 13.3 Å². The molecule has 2 heterocycles. The zero-order chi connectivity index (χ0) is 16.9. The highest BCUT2D eigenvalue weighted by atomic mass is 32.1. The first-order chi connectivity index (χ1) is 10.9. The second-order valence-electron chi connectivity index (χ2n) is 7.16. The molecule has 0 saturated carbocycles. The van der Waals surface area contributed by atoms with Gasteiger partial charge >= 0.3 is 0 Å². The van der Waals surface area contributed by atoms with Crippen molar-refractivity contribution in [3.63, 3.8) is 0 Å². The molecule has 1 aromatic heterocycles. The van der Waals surface area contributed by atoms with Crippen LogP contribution in [0.2, 0.25) is 0 Å². The standard InChI is InChI=1S/C17H30N4OS/c1-6-18-16(21(5)10-13-7-8-22-11-13)19-9-15-20-14(12-23-15)17(2,3)4/h12-13H,6-11H2,1-5H3,(H,18,19). The molecule has 1 saturated heterocycles. The van der Waals surface area contributed by atoms with Crippen molar-refractivity contribution in [2.75, 3.05) is 33.4 Å². The molecule has 1 aliphatic heterocycles. The molecule has 0 aliphatic carbocycles. The highest BCUT2D eigenvalue weighted by Crippen LogP contribution is 2.24. The van der Waals surface area contributed by atoms with E-state index < -0.39 is 0 Å². The van der Waals surface area contributed by atoms with Crippen LogP contribution in [0.1, 0.15) is 44.8 Å². The van der Waals surface area contributed by atoms with Gasteiger partial charge in [0.05, 0.1) is 18.8 Å². The van der Waals surface area contributed by atoms with Gasteiger partial charge in [-0.2, -0.15) is 0 Å². The van der Waals surface area contributed by atoms with Gasteiger partial charge in [-0.25, -0.2) is 9.98 Å². The summed E-state index contributed by atoms with van der Waals surface area (Å²) in [6, 6.07) is 0. The van der Waals surface area contributed by atoms with E-state index in [-0.39, 0.29) is 5.41 Å². The van der Waals surface area contributed by atoms with Crippen LogP contribution in [-0.4, -0.2) is 49.2 Å². The van der Waals surface area contributed by atoms with E-state index in [9.17, 15) is 0 Å². The van der Waals surface area contributed by atoms with Gasteiger partial charge in [0.15, 0.2) is 5.96 Å². The third-order valence-corrected chi connectivity index (χ3v) is 4.77. The Morgan fingerprint density at radius 3 is 2.87 bits per heavy atom. The Morgan fingerprint density at radius 2 is 2.30 bits per heavy atom. The second kappa shape index (κ2) is 8.11. The van der Waals surface area contributed by atoms with Crippen molar-refractivity contribution in [3.8, 4) is 0 Å². The lowest BCUT2D eigenvalue weighted by molar-refractivity contribution is 0.181. The maximum Gasteiger partial charge on any atom is 0.194 e. The summed E-state index contributed by atoms with van der Waals surface area (Å²) in [4.78, 5) is 11.7. The third-order valence-electron chi connectivity index (χ3n) is 3.94. The van der Waals surface area contributed by atoms with E-state index >= 15 is 0 Å². The van der Waals surface area contributed by atoms with Crippen LogP contribution in [0.25, 0.3) is 0 Å². The van der Waals surface area contributed by atoms with Gasteiger partial charge in [-0.1, -0.05) is 20.8 Å². The predicted molar refractivity (Wildman–Crippen MR) is 97.2 cm³/mol. The molecule has 0 aromatic carbocycles. The fourth-order valence-corrected chi connectivity index (χ4v) is 3.49. The first-order valence-electron chi connectivity index (χ1n) is 8.42. The number of aliphatic imine (C=N–C) groups is 1. The van der Waals surface area contributed by atoms with Crippen molar-refractivity contribution in [1.82, 2.24) is 15.2 Å². The van der Waals surface area contributed by atoms with Gasteiger partial charge in [0.1, 0.15) is 5.01 Å². The zero-order valence-corrected chi connectivity index (χ0v) is 15.9. The summed E-state index contributed by atoms with van der Waals surface area (Å²) in [6.45, 7) is 12.9. The van der Waals surface area contributed by atoms with Crippen LogP contribution >= 0.6 is 11.3 Å². The van der Waals surface area contributed by atoms with E-state index in [1.54, 1.807) is 11.3 Å². The zero-order valence-electron chi connectivity index (χ0n) is 15.1. The third kappa shape index (κ3) is 5.46. The van der Waals surface area contributed by atoms with Crippen molar-refractivity contribution in [3.05, 3.63) is 16.1 Å². The summed E-state index contributed by atoms with van der Waals surface area (Å²) in [7, 11) is 2.10. The van der Waals surface area contributed by atoms with Crippen molar-refractivity contribution in [2.45, 2.75) is 46.1 Å². The van der Waals surface area contributed by atoms with Gasteiger partial charge in [0.2, 0.25) is 0 Å². The smallest absolute Gasteiger partial charge is 0.194 e. The number of hydrogen-bond acceptors (Lipinski definition) is 4. The summed E-state index contributed by atoms with van der Waals surface area (Å²) < 4.78 is 5.47. The molecule has 23 heavy (non-hydrogen) atoms. The summed E-state index contributed by atoms with van der Waals surface area (Å²) in [5, 5.41) is 6.60. The number of rotatable bonds is 5. The molecule has 2 rings (SSSR count). The molecule has 6 heteroatoms. The van der Waals surface area contributed by atoms with Gasteiger partial charge in [-0.3, -0.25) is 0 Å². The molecule has 1 aromatic rings. The minimum absolute atomic E-state index is 0.0994. The molecule has 0 bridgehead atoms. The Kier molecular flexibility index (Phi) is 6.41. The Bertz CT molecular complexity index is 515. The fourth-order valence-electron chi connectivity index (χ4n) is 2.54. The molecule has 1 atom stereocenters. The molecule has 1 unspecified atom stereocenters. The number of thiazole rings is 1. The normalized spacial score (nSPS) is 19.2. The van der Waals surface area contributed by atoms with Gasteiger partial charge in [-0.15, -0.1) is 11.3 Å².